The first-order chi connectivity index (χ1) is 12.0. The van der Waals surface area contributed by atoms with E-state index in [1.165, 1.54) is 0 Å². The van der Waals surface area contributed by atoms with E-state index in [1.807, 2.05) is 0 Å². The molecule has 8 nitrogen and oxygen atoms in total. The number of carbonyl (C=O) groups excluding carboxylic acids is 4. The van der Waals surface area contributed by atoms with Gasteiger partial charge >= 0.3 is 12.0 Å². The molecule has 2 heterocycles. The fraction of sp³-hybridized carbons (Fsp3) is 0.412. The summed E-state index contributed by atoms with van der Waals surface area (Å²) in [7, 11) is 0. The van der Waals surface area contributed by atoms with Gasteiger partial charge in [0.25, 0.3) is 5.91 Å². The summed E-state index contributed by atoms with van der Waals surface area (Å²) in [4.78, 5) is 49.6. The van der Waals surface area contributed by atoms with Crippen LogP contribution in [-0.2, 0) is 20.9 Å². The van der Waals surface area contributed by atoms with Gasteiger partial charge in [-0.25, -0.2) is 9.59 Å². The third-order valence-corrected chi connectivity index (χ3v) is 4.22. The van der Waals surface area contributed by atoms with Crippen molar-refractivity contribution >= 4 is 23.8 Å². The molecule has 1 aromatic carbocycles. The van der Waals surface area contributed by atoms with Gasteiger partial charge in [0.05, 0.1) is 5.56 Å². The molecule has 0 spiro atoms. The highest BCUT2D eigenvalue weighted by Gasteiger charge is 2.27. The van der Waals surface area contributed by atoms with Gasteiger partial charge in [-0.3, -0.25) is 14.5 Å². The lowest BCUT2D eigenvalue weighted by Gasteiger charge is -2.15. The Morgan fingerprint density at radius 2 is 1.88 bits per heavy atom. The van der Waals surface area contributed by atoms with Crippen LogP contribution in [0.1, 0.15) is 28.8 Å². The zero-order chi connectivity index (χ0) is 17.8. The molecule has 2 fully saturated rings. The number of benzene rings is 1. The summed E-state index contributed by atoms with van der Waals surface area (Å²) in [6.45, 7) is 1.49. The maximum Gasteiger partial charge on any atom is 0.338 e. The van der Waals surface area contributed by atoms with Crippen LogP contribution in [0.25, 0.3) is 0 Å². The van der Waals surface area contributed by atoms with E-state index in [-0.39, 0.29) is 12.5 Å². The monoisotopic (exact) mass is 345 g/mol. The van der Waals surface area contributed by atoms with E-state index in [2.05, 4.69) is 5.32 Å². The van der Waals surface area contributed by atoms with Crippen molar-refractivity contribution in [1.82, 2.24) is 15.1 Å². The van der Waals surface area contributed by atoms with Crippen molar-refractivity contribution in [3.05, 3.63) is 35.4 Å². The lowest BCUT2D eigenvalue weighted by atomic mass is 10.1. The number of amides is 4. The molecule has 0 saturated carbocycles. The Kier molecular flexibility index (Phi) is 4.97. The van der Waals surface area contributed by atoms with Crippen molar-refractivity contribution in [3.63, 3.8) is 0 Å². The van der Waals surface area contributed by atoms with E-state index in [4.69, 9.17) is 4.74 Å². The van der Waals surface area contributed by atoms with E-state index < -0.39 is 24.5 Å². The number of nitrogens with zero attached hydrogens (tertiary/aromatic N) is 2. The second-order valence-electron chi connectivity index (χ2n) is 5.97. The van der Waals surface area contributed by atoms with Gasteiger partial charge in [0, 0.05) is 32.6 Å². The molecule has 0 unspecified atom stereocenters. The topological polar surface area (TPSA) is 96.0 Å². The fourth-order valence-electron chi connectivity index (χ4n) is 2.84. The Hall–Kier alpha value is -2.90. The van der Waals surface area contributed by atoms with Crippen molar-refractivity contribution in [3.8, 4) is 0 Å². The molecule has 2 saturated heterocycles. The maximum atomic E-state index is 12.0. The first-order valence-corrected chi connectivity index (χ1v) is 8.16. The predicted molar refractivity (Wildman–Crippen MR) is 86.5 cm³/mol. The number of ether oxygens (including phenoxy) is 1. The summed E-state index contributed by atoms with van der Waals surface area (Å²) in [5.41, 5.74) is 1.24. The van der Waals surface area contributed by atoms with Gasteiger partial charge in [-0.2, -0.15) is 0 Å². The average molecular weight is 345 g/mol. The number of likely N-dealkylation sites (tertiary alicyclic amines) is 1. The lowest BCUT2D eigenvalue weighted by Crippen LogP contribution is -2.37. The van der Waals surface area contributed by atoms with E-state index in [0.29, 0.717) is 25.1 Å². The number of hydrogen-bond donors (Lipinski definition) is 1. The molecule has 2 aliphatic heterocycles. The third-order valence-electron chi connectivity index (χ3n) is 4.22. The molecule has 2 aliphatic rings. The molecular formula is C17H19N3O5. The zero-order valence-electron chi connectivity index (χ0n) is 13.7. The van der Waals surface area contributed by atoms with Crippen LogP contribution in [0, 0.1) is 0 Å². The second-order valence-corrected chi connectivity index (χ2v) is 5.97. The normalized spacial score (nSPS) is 17.0. The number of carbonyl (C=O) groups is 4. The Labute approximate surface area is 144 Å². The van der Waals surface area contributed by atoms with Crippen LogP contribution in [0.2, 0.25) is 0 Å². The number of rotatable bonds is 5. The molecule has 0 radical (unpaired) electrons. The quantitative estimate of drug-likeness (QED) is 0.785. The Morgan fingerprint density at radius 3 is 2.48 bits per heavy atom. The molecule has 3 rings (SSSR count). The van der Waals surface area contributed by atoms with E-state index in [9.17, 15) is 19.2 Å². The zero-order valence-corrected chi connectivity index (χ0v) is 13.7. The summed E-state index contributed by atoms with van der Waals surface area (Å²) in [5, 5.41) is 2.51. The molecule has 0 atom stereocenters. The van der Waals surface area contributed by atoms with Gasteiger partial charge in [-0.1, -0.05) is 12.1 Å². The minimum absolute atomic E-state index is 0.146. The van der Waals surface area contributed by atoms with Crippen molar-refractivity contribution in [2.75, 3.05) is 26.2 Å². The summed E-state index contributed by atoms with van der Waals surface area (Å²) in [6, 6.07) is 6.26. The lowest BCUT2D eigenvalue weighted by molar-refractivity contribution is -0.131. The number of hydrogen-bond acceptors (Lipinski definition) is 5. The SMILES string of the molecule is O=C(OCC(=O)N1CCNC1=O)c1ccc(CN2CCCC2=O)cc1. The highest BCUT2D eigenvalue weighted by Crippen LogP contribution is 2.15. The Morgan fingerprint density at radius 1 is 1.12 bits per heavy atom. The summed E-state index contributed by atoms with van der Waals surface area (Å²) in [5.74, 6) is -1.03. The maximum absolute atomic E-state index is 12.0. The van der Waals surface area contributed by atoms with Crippen LogP contribution in [-0.4, -0.2) is 59.9 Å². The van der Waals surface area contributed by atoms with E-state index >= 15 is 0 Å². The van der Waals surface area contributed by atoms with Crippen LogP contribution in [0.4, 0.5) is 4.79 Å². The van der Waals surface area contributed by atoms with E-state index in [0.717, 1.165) is 23.4 Å². The predicted octanol–water partition coefficient (Wildman–Crippen LogP) is 0.518. The van der Waals surface area contributed by atoms with E-state index in [1.54, 1.807) is 29.2 Å². The van der Waals surface area contributed by atoms with Crippen LogP contribution >= 0.6 is 0 Å². The van der Waals surface area contributed by atoms with Crippen LogP contribution in [0.3, 0.4) is 0 Å². The van der Waals surface area contributed by atoms with Gasteiger partial charge in [0.1, 0.15) is 0 Å². The smallest absolute Gasteiger partial charge is 0.338 e. The fourth-order valence-corrected chi connectivity index (χ4v) is 2.84. The second kappa shape index (κ2) is 7.33. The molecule has 1 N–H and O–H groups in total. The van der Waals surface area contributed by atoms with Gasteiger partial charge in [-0.05, 0) is 24.1 Å². The van der Waals surface area contributed by atoms with Crippen molar-refractivity contribution in [1.29, 1.82) is 0 Å². The van der Waals surface area contributed by atoms with Crippen LogP contribution in [0.5, 0.6) is 0 Å². The van der Waals surface area contributed by atoms with Crippen LogP contribution < -0.4 is 5.32 Å². The molecule has 8 heteroatoms. The number of nitrogens with one attached hydrogen (secondary N) is 1. The third kappa shape index (κ3) is 3.96. The number of esters is 1. The molecule has 132 valence electrons. The molecule has 0 aromatic heterocycles. The van der Waals surface area contributed by atoms with Crippen molar-refractivity contribution in [2.45, 2.75) is 19.4 Å². The van der Waals surface area contributed by atoms with Gasteiger partial charge in [0.2, 0.25) is 5.91 Å². The van der Waals surface area contributed by atoms with Gasteiger partial charge in [0.15, 0.2) is 6.61 Å². The first kappa shape index (κ1) is 16.9. The number of urea groups is 1. The molecule has 25 heavy (non-hydrogen) atoms. The highest BCUT2D eigenvalue weighted by molar-refractivity contribution is 5.98. The van der Waals surface area contributed by atoms with Gasteiger partial charge < -0.3 is 15.0 Å². The Bertz CT molecular complexity index is 701. The molecule has 0 aliphatic carbocycles. The largest absolute Gasteiger partial charge is 0.452 e. The Balaban J connectivity index is 1.51. The summed E-state index contributed by atoms with van der Waals surface area (Å²) < 4.78 is 4.97. The standard InChI is InChI=1S/C17H19N3O5/c21-14-2-1-8-19(14)10-12-3-5-13(6-4-12)16(23)25-11-15(22)20-9-7-18-17(20)24/h3-6H,1-2,7-11H2,(H,18,24). The summed E-state index contributed by atoms with van der Waals surface area (Å²) in [6.07, 6.45) is 1.47. The molecule has 1 aromatic rings. The minimum atomic E-state index is -0.628. The average Bonchev–Trinajstić information content (AvgIpc) is 3.22. The molecular weight excluding hydrogens is 326 g/mol. The minimum Gasteiger partial charge on any atom is -0.452 e. The van der Waals surface area contributed by atoms with Crippen molar-refractivity contribution in [2.24, 2.45) is 0 Å². The van der Waals surface area contributed by atoms with Crippen molar-refractivity contribution < 1.29 is 23.9 Å². The summed E-state index contributed by atoms with van der Waals surface area (Å²) >= 11 is 0. The first-order valence-electron chi connectivity index (χ1n) is 8.16. The highest BCUT2D eigenvalue weighted by atomic mass is 16.5. The number of imide groups is 1. The molecule has 4 amide bonds. The molecule has 0 bridgehead atoms. The van der Waals surface area contributed by atoms with Crippen LogP contribution in [0.15, 0.2) is 24.3 Å². The van der Waals surface area contributed by atoms with Gasteiger partial charge in [-0.15, -0.1) is 0 Å².